The van der Waals surface area contributed by atoms with Gasteiger partial charge in [0.15, 0.2) is 0 Å². The minimum absolute atomic E-state index is 1.20. The summed E-state index contributed by atoms with van der Waals surface area (Å²) in [7, 11) is 0. The Kier molecular flexibility index (Phi) is 24.8. The Morgan fingerprint density at radius 1 is 0.459 bits per heavy atom. The Labute approximate surface area is 234 Å². The lowest BCUT2D eigenvalue weighted by Gasteiger charge is -2.07. The molecule has 218 valence electrons. The quantitative estimate of drug-likeness (QED) is 0.0737. The summed E-state index contributed by atoms with van der Waals surface area (Å²) in [6, 6.07) is 0. The zero-order valence-electron chi connectivity index (χ0n) is 26.1. The highest BCUT2D eigenvalue weighted by Crippen LogP contribution is 2.14. The summed E-state index contributed by atoms with van der Waals surface area (Å²) in [6.45, 7) is 9.36. The van der Waals surface area contributed by atoms with Crippen LogP contribution >= 0.6 is 0 Å². The smallest absolute Gasteiger partial charge is 0.234 e. The van der Waals surface area contributed by atoms with E-state index < -0.39 is 0 Å². The second-order valence-corrected chi connectivity index (χ2v) is 12.0. The van der Waals surface area contributed by atoms with E-state index in [1.54, 1.807) is 5.82 Å². The molecule has 1 aromatic heterocycles. The Balaban J connectivity index is 2.14. The van der Waals surface area contributed by atoms with E-state index in [0.29, 0.717) is 0 Å². The van der Waals surface area contributed by atoms with E-state index >= 15 is 0 Å². The van der Waals surface area contributed by atoms with Gasteiger partial charge in [-0.3, -0.25) is 0 Å². The zero-order chi connectivity index (χ0) is 26.7. The lowest BCUT2D eigenvalue weighted by atomic mass is 10.0. The Bertz CT molecular complexity index is 576. The van der Waals surface area contributed by atoms with Gasteiger partial charge in [0.2, 0.25) is 0 Å². The first-order chi connectivity index (χ1) is 18.3. The topological polar surface area (TPSA) is 8.81 Å². The fourth-order valence-electron chi connectivity index (χ4n) is 5.77. The lowest BCUT2D eigenvalue weighted by molar-refractivity contribution is -0.704. The van der Waals surface area contributed by atoms with Gasteiger partial charge >= 0.3 is 0 Å². The number of imidazole rings is 1. The van der Waals surface area contributed by atoms with Gasteiger partial charge < -0.3 is 0 Å². The van der Waals surface area contributed by atoms with Gasteiger partial charge in [0.25, 0.3) is 5.82 Å². The zero-order valence-corrected chi connectivity index (χ0v) is 26.1. The summed E-state index contributed by atoms with van der Waals surface area (Å²) in [4.78, 5) is 0. The standard InChI is InChI=1S/C35H69N2/c1-4-7-10-12-14-16-18-19-21-23-25-27-29-32-37-34-33-36(31-9-6-3)35(37)30-28-26-24-22-20-17-15-13-11-8-5-2/h33-34H,4-32H2,1-3H3/q+1. The number of rotatable bonds is 29. The van der Waals surface area contributed by atoms with Crippen molar-refractivity contribution in [2.75, 3.05) is 0 Å². The molecule has 0 aliphatic rings. The second kappa shape index (κ2) is 26.8. The molecule has 0 amide bonds. The van der Waals surface area contributed by atoms with Crippen LogP contribution in [0.1, 0.15) is 194 Å². The van der Waals surface area contributed by atoms with Crippen LogP contribution in [0.3, 0.4) is 0 Å². The van der Waals surface area contributed by atoms with Crippen molar-refractivity contribution in [2.24, 2.45) is 0 Å². The third-order valence-corrected chi connectivity index (χ3v) is 8.35. The molecule has 0 unspecified atom stereocenters. The van der Waals surface area contributed by atoms with Gasteiger partial charge in [-0.2, -0.15) is 0 Å². The fourth-order valence-corrected chi connectivity index (χ4v) is 5.77. The van der Waals surface area contributed by atoms with Crippen molar-refractivity contribution in [2.45, 2.75) is 207 Å². The number of nitrogens with zero attached hydrogens (tertiary/aromatic N) is 2. The number of aryl methyl sites for hydroxylation is 2. The highest BCUT2D eigenvalue weighted by atomic mass is 15.1. The monoisotopic (exact) mass is 518 g/mol. The third kappa shape index (κ3) is 19.9. The van der Waals surface area contributed by atoms with Crippen molar-refractivity contribution in [3.63, 3.8) is 0 Å². The van der Waals surface area contributed by atoms with Gasteiger partial charge in [-0.1, -0.05) is 162 Å². The maximum absolute atomic E-state index is 2.60. The van der Waals surface area contributed by atoms with Crippen molar-refractivity contribution in [3.05, 3.63) is 18.2 Å². The van der Waals surface area contributed by atoms with E-state index in [1.807, 2.05) is 0 Å². The molecule has 1 rings (SSSR count). The first-order valence-electron chi connectivity index (χ1n) is 17.4. The van der Waals surface area contributed by atoms with Crippen molar-refractivity contribution in [1.82, 2.24) is 4.57 Å². The van der Waals surface area contributed by atoms with Crippen molar-refractivity contribution in [3.8, 4) is 0 Å². The number of hydrogen-bond acceptors (Lipinski definition) is 0. The molecule has 0 spiro atoms. The van der Waals surface area contributed by atoms with Crippen LogP contribution in [-0.2, 0) is 19.5 Å². The van der Waals surface area contributed by atoms with Gasteiger partial charge in [0, 0.05) is 6.42 Å². The molecular formula is C35H69N2+. The Hall–Kier alpha value is -0.790. The van der Waals surface area contributed by atoms with E-state index in [0.717, 1.165) is 0 Å². The van der Waals surface area contributed by atoms with E-state index in [1.165, 1.54) is 186 Å². The highest BCUT2D eigenvalue weighted by Gasteiger charge is 2.16. The third-order valence-electron chi connectivity index (χ3n) is 8.35. The van der Waals surface area contributed by atoms with Gasteiger partial charge in [-0.05, 0) is 25.7 Å². The molecule has 0 bridgehead atoms. The maximum atomic E-state index is 2.60. The lowest BCUT2D eigenvalue weighted by Crippen LogP contribution is -2.37. The molecule has 0 saturated carbocycles. The molecule has 0 N–H and O–H groups in total. The summed E-state index contributed by atoms with van der Waals surface area (Å²) in [5, 5.41) is 0. The van der Waals surface area contributed by atoms with E-state index in [4.69, 9.17) is 0 Å². The van der Waals surface area contributed by atoms with Crippen LogP contribution in [-0.4, -0.2) is 4.57 Å². The molecule has 37 heavy (non-hydrogen) atoms. The van der Waals surface area contributed by atoms with Crippen LogP contribution < -0.4 is 4.57 Å². The molecule has 2 heteroatoms. The molecule has 2 nitrogen and oxygen atoms in total. The average molecular weight is 518 g/mol. The summed E-state index contributed by atoms with van der Waals surface area (Å²) in [5.74, 6) is 1.60. The van der Waals surface area contributed by atoms with Crippen molar-refractivity contribution < 1.29 is 4.57 Å². The number of aromatic nitrogens is 2. The molecule has 1 heterocycles. The molecule has 0 radical (unpaired) electrons. The summed E-state index contributed by atoms with van der Waals surface area (Å²) in [6.07, 6.45) is 43.0. The molecule has 0 atom stereocenters. The summed E-state index contributed by atoms with van der Waals surface area (Å²) < 4.78 is 5.17. The van der Waals surface area contributed by atoms with Crippen LogP contribution in [0, 0.1) is 0 Å². The Morgan fingerprint density at radius 3 is 1.27 bits per heavy atom. The van der Waals surface area contributed by atoms with Crippen LogP contribution in [0.2, 0.25) is 0 Å². The molecule has 0 saturated heterocycles. The van der Waals surface area contributed by atoms with Gasteiger partial charge in [0.05, 0.1) is 13.1 Å². The largest absolute Gasteiger partial charge is 0.256 e. The summed E-state index contributed by atoms with van der Waals surface area (Å²) in [5.41, 5.74) is 0. The van der Waals surface area contributed by atoms with E-state index in [2.05, 4.69) is 42.3 Å². The predicted octanol–water partition coefficient (Wildman–Crippen LogP) is 11.5. The van der Waals surface area contributed by atoms with Crippen LogP contribution in [0.4, 0.5) is 0 Å². The van der Waals surface area contributed by atoms with Gasteiger partial charge in [0.1, 0.15) is 12.4 Å². The van der Waals surface area contributed by atoms with Gasteiger partial charge in [-0.25, -0.2) is 9.13 Å². The first kappa shape index (κ1) is 34.2. The maximum Gasteiger partial charge on any atom is 0.256 e. The number of hydrogen-bond donors (Lipinski definition) is 0. The van der Waals surface area contributed by atoms with Crippen molar-refractivity contribution in [1.29, 1.82) is 0 Å². The second-order valence-electron chi connectivity index (χ2n) is 12.0. The van der Waals surface area contributed by atoms with Crippen LogP contribution in [0.25, 0.3) is 0 Å². The Morgan fingerprint density at radius 2 is 0.838 bits per heavy atom. The highest BCUT2D eigenvalue weighted by molar-refractivity contribution is 4.84. The molecule has 1 aromatic rings. The first-order valence-corrected chi connectivity index (χ1v) is 17.4. The van der Waals surface area contributed by atoms with E-state index in [9.17, 15) is 0 Å². The molecule has 0 aromatic carbocycles. The molecule has 0 fully saturated rings. The fraction of sp³-hybridized carbons (Fsp3) is 0.914. The van der Waals surface area contributed by atoms with E-state index in [-0.39, 0.29) is 0 Å². The van der Waals surface area contributed by atoms with Crippen LogP contribution in [0.15, 0.2) is 12.4 Å². The predicted molar refractivity (Wildman–Crippen MR) is 165 cm³/mol. The average Bonchev–Trinajstić information content (AvgIpc) is 3.29. The molecular weight excluding hydrogens is 448 g/mol. The normalized spacial score (nSPS) is 11.5. The SMILES string of the molecule is CCCCCCCCCCCCCCC[n+]1ccn(CCCC)c1CCCCCCCCCCCCC. The minimum Gasteiger partial charge on any atom is -0.234 e. The van der Waals surface area contributed by atoms with Crippen molar-refractivity contribution >= 4 is 0 Å². The number of unbranched alkanes of at least 4 members (excludes halogenated alkanes) is 23. The summed E-state index contributed by atoms with van der Waals surface area (Å²) >= 11 is 0. The molecule has 0 aliphatic heterocycles. The molecule has 0 aliphatic carbocycles. The van der Waals surface area contributed by atoms with Crippen LogP contribution in [0.5, 0.6) is 0 Å². The van der Waals surface area contributed by atoms with Gasteiger partial charge in [-0.15, -0.1) is 0 Å². The minimum atomic E-state index is 1.20.